The fourth-order valence-corrected chi connectivity index (χ4v) is 3.65. The van der Waals surface area contributed by atoms with Crippen molar-refractivity contribution in [3.8, 4) is 11.5 Å². The number of carbonyl (C=O) groups is 2. The van der Waals surface area contributed by atoms with E-state index in [-0.39, 0.29) is 29.1 Å². The number of hydrogen-bond donors (Lipinski definition) is 0. The number of carbonyl (C=O) groups excluding carboxylic acids is 2. The average Bonchev–Trinajstić information content (AvgIpc) is 3.03. The van der Waals surface area contributed by atoms with E-state index in [1.165, 1.54) is 24.3 Å². The number of non-ortho nitro benzene ring substituents is 1. The van der Waals surface area contributed by atoms with Crippen LogP contribution in [0.5, 0.6) is 11.5 Å². The Morgan fingerprint density at radius 1 is 1.14 bits per heavy atom. The zero-order valence-corrected chi connectivity index (χ0v) is 15.6. The number of Topliss-reactive ketones (excluding diaryl/α,β-unsaturated/α-hetero) is 1. The van der Waals surface area contributed by atoms with Crippen molar-refractivity contribution in [2.75, 3.05) is 0 Å². The Kier molecular flexibility index (Phi) is 5.12. The van der Waals surface area contributed by atoms with Crippen LogP contribution in [0.15, 0.2) is 48.2 Å². The summed E-state index contributed by atoms with van der Waals surface area (Å²) in [5, 5.41) is 10.9. The molecule has 2 aromatic rings. The molecule has 1 fully saturated rings. The van der Waals surface area contributed by atoms with Gasteiger partial charge >= 0.3 is 5.97 Å². The first-order valence-corrected chi connectivity index (χ1v) is 9.56. The first-order valence-electron chi connectivity index (χ1n) is 9.56. The number of esters is 1. The van der Waals surface area contributed by atoms with Crippen molar-refractivity contribution in [2.45, 2.75) is 32.1 Å². The van der Waals surface area contributed by atoms with Gasteiger partial charge in [-0.25, -0.2) is 0 Å². The van der Waals surface area contributed by atoms with Crippen LogP contribution in [-0.4, -0.2) is 16.7 Å². The third-order valence-electron chi connectivity index (χ3n) is 5.18. The summed E-state index contributed by atoms with van der Waals surface area (Å²) in [6.07, 6.45) is 6.37. The maximum absolute atomic E-state index is 12.6. The number of ketones is 1. The summed E-state index contributed by atoms with van der Waals surface area (Å²) in [7, 11) is 0. The smallest absolute Gasteiger partial charge is 0.314 e. The molecule has 0 unspecified atom stereocenters. The van der Waals surface area contributed by atoms with E-state index in [1.54, 1.807) is 24.3 Å². The van der Waals surface area contributed by atoms with Crippen LogP contribution in [0.4, 0.5) is 5.69 Å². The van der Waals surface area contributed by atoms with Crippen molar-refractivity contribution in [1.29, 1.82) is 0 Å². The predicted molar refractivity (Wildman–Crippen MR) is 105 cm³/mol. The molecule has 0 N–H and O–H groups in total. The third kappa shape index (κ3) is 4.03. The second-order valence-electron chi connectivity index (χ2n) is 7.21. The molecule has 148 valence electrons. The summed E-state index contributed by atoms with van der Waals surface area (Å²) in [5.41, 5.74) is 0.776. The standard InChI is InChI=1S/C22H19NO6/c24-21-18-10-9-17(28-22(25)15-6-2-1-3-7-15)13-19(18)29-20(21)12-14-5-4-8-16(11-14)23(26)27/h4-5,8-13,15H,1-3,6-7H2/b20-12-. The topological polar surface area (TPSA) is 95.7 Å². The SMILES string of the molecule is O=C1/C(=C/c2cccc([N+](=O)[O-])c2)Oc2cc(OC(=O)C3CCCCC3)ccc21. The van der Waals surface area contributed by atoms with E-state index >= 15 is 0 Å². The molecule has 2 aromatic carbocycles. The van der Waals surface area contributed by atoms with Gasteiger partial charge in [0.2, 0.25) is 5.78 Å². The summed E-state index contributed by atoms with van der Waals surface area (Å²) in [6.45, 7) is 0. The van der Waals surface area contributed by atoms with Crippen LogP contribution >= 0.6 is 0 Å². The molecule has 0 bridgehead atoms. The van der Waals surface area contributed by atoms with Gasteiger partial charge in [-0.1, -0.05) is 31.4 Å². The molecular weight excluding hydrogens is 374 g/mol. The van der Waals surface area contributed by atoms with E-state index in [1.807, 2.05) is 0 Å². The van der Waals surface area contributed by atoms with Gasteiger partial charge in [0.15, 0.2) is 5.76 Å². The zero-order valence-electron chi connectivity index (χ0n) is 15.6. The summed E-state index contributed by atoms with van der Waals surface area (Å²) in [5.74, 6) is 0.0579. The number of nitrogens with zero attached hydrogens (tertiary/aromatic N) is 1. The Labute approximate surface area is 167 Å². The molecule has 0 spiro atoms. The van der Waals surface area contributed by atoms with Crippen LogP contribution in [0.1, 0.15) is 48.0 Å². The van der Waals surface area contributed by atoms with Gasteiger partial charge in [-0.2, -0.15) is 0 Å². The van der Waals surface area contributed by atoms with Crippen LogP contribution in [0, 0.1) is 16.0 Å². The fourth-order valence-electron chi connectivity index (χ4n) is 3.65. The number of nitro groups is 1. The van der Waals surface area contributed by atoms with Crippen molar-refractivity contribution in [1.82, 2.24) is 0 Å². The molecule has 1 heterocycles. The normalized spacial score (nSPS) is 17.7. The quantitative estimate of drug-likeness (QED) is 0.246. The van der Waals surface area contributed by atoms with Gasteiger partial charge in [-0.15, -0.1) is 0 Å². The van der Waals surface area contributed by atoms with Gasteiger partial charge < -0.3 is 9.47 Å². The Hall–Kier alpha value is -3.48. The van der Waals surface area contributed by atoms with Crippen LogP contribution in [0.2, 0.25) is 0 Å². The van der Waals surface area contributed by atoms with Crippen molar-refractivity contribution >= 4 is 23.5 Å². The Morgan fingerprint density at radius 2 is 1.93 bits per heavy atom. The van der Waals surface area contributed by atoms with E-state index in [4.69, 9.17) is 9.47 Å². The number of hydrogen-bond acceptors (Lipinski definition) is 6. The Balaban J connectivity index is 1.51. The highest BCUT2D eigenvalue weighted by Crippen LogP contribution is 2.35. The van der Waals surface area contributed by atoms with E-state index in [2.05, 4.69) is 0 Å². The first kappa shape index (κ1) is 18.9. The molecule has 0 radical (unpaired) electrons. The lowest BCUT2D eigenvalue weighted by molar-refractivity contribution is -0.384. The second-order valence-corrected chi connectivity index (χ2v) is 7.21. The van der Waals surface area contributed by atoms with Crippen molar-refractivity contribution in [3.05, 3.63) is 69.5 Å². The van der Waals surface area contributed by atoms with Crippen LogP contribution in [0.3, 0.4) is 0 Å². The molecule has 2 aliphatic rings. The molecule has 29 heavy (non-hydrogen) atoms. The molecule has 1 aliphatic heterocycles. The molecule has 0 aromatic heterocycles. The summed E-state index contributed by atoms with van der Waals surface area (Å²) in [6, 6.07) is 10.6. The monoisotopic (exact) mass is 393 g/mol. The molecule has 1 saturated carbocycles. The molecular formula is C22H19NO6. The second kappa shape index (κ2) is 7.87. The molecule has 1 aliphatic carbocycles. The molecule has 0 atom stereocenters. The van der Waals surface area contributed by atoms with Gasteiger partial charge in [0.05, 0.1) is 16.4 Å². The molecule has 7 nitrogen and oxygen atoms in total. The van der Waals surface area contributed by atoms with Gasteiger partial charge in [0.1, 0.15) is 11.5 Å². The van der Waals surface area contributed by atoms with E-state index in [0.29, 0.717) is 22.6 Å². The van der Waals surface area contributed by atoms with Crippen LogP contribution in [0.25, 0.3) is 6.08 Å². The highest BCUT2D eigenvalue weighted by molar-refractivity contribution is 6.14. The van der Waals surface area contributed by atoms with Crippen molar-refractivity contribution in [2.24, 2.45) is 5.92 Å². The minimum Gasteiger partial charge on any atom is -0.452 e. The minimum absolute atomic E-state index is 0.0660. The largest absolute Gasteiger partial charge is 0.452 e. The van der Waals surface area contributed by atoms with E-state index < -0.39 is 4.92 Å². The predicted octanol–water partition coefficient (Wildman–Crippen LogP) is 4.70. The van der Waals surface area contributed by atoms with E-state index in [9.17, 15) is 19.7 Å². The lowest BCUT2D eigenvalue weighted by atomic mass is 9.89. The summed E-state index contributed by atoms with van der Waals surface area (Å²) >= 11 is 0. The Bertz CT molecular complexity index is 1020. The number of rotatable bonds is 4. The van der Waals surface area contributed by atoms with Gasteiger partial charge in [0, 0.05) is 18.2 Å². The van der Waals surface area contributed by atoms with Crippen molar-refractivity contribution < 1.29 is 24.0 Å². The number of allylic oxidation sites excluding steroid dienone is 1. The minimum atomic E-state index is -0.499. The number of nitro benzene ring substituents is 1. The highest BCUT2D eigenvalue weighted by atomic mass is 16.6. The van der Waals surface area contributed by atoms with Gasteiger partial charge in [-0.3, -0.25) is 19.7 Å². The maximum atomic E-state index is 12.6. The highest BCUT2D eigenvalue weighted by Gasteiger charge is 2.29. The number of benzene rings is 2. The first-order chi connectivity index (χ1) is 14.0. The van der Waals surface area contributed by atoms with Crippen LogP contribution in [-0.2, 0) is 4.79 Å². The maximum Gasteiger partial charge on any atom is 0.314 e. The molecule has 4 rings (SSSR count). The van der Waals surface area contributed by atoms with E-state index in [0.717, 1.165) is 32.1 Å². The third-order valence-corrected chi connectivity index (χ3v) is 5.18. The molecule has 7 heteroatoms. The lowest BCUT2D eigenvalue weighted by Gasteiger charge is -2.19. The molecule has 0 saturated heterocycles. The summed E-state index contributed by atoms with van der Waals surface area (Å²) in [4.78, 5) is 35.3. The van der Waals surface area contributed by atoms with Gasteiger partial charge in [0.25, 0.3) is 5.69 Å². The zero-order chi connectivity index (χ0) is 20.4. The lowest BCUT2D eigenvalue weighted by Crippen LogP contribution is -2.22. The fraction of sp³-hybridized carbons (Fsp3) is 0.273. The van der Waals surface area contributed by atoms with Crippen molar-refractivity contribution in [3.63, 3.8) is 0 Å². The Morgan fingerprint density at radius 3 is 2.69 bits per heavy atom. The van der Waals surface area contributed by atoms with Crippen LogP contribution < -0.4 is 9.47 Å². The number of fused-ring (bicyclic) bond motifs is 1. The number of ether oxygens (including phenoxy) is 2. The molecule has 0 amide bonds. The van der Waals surface area contributed by atoms with Gasteiger partial charge in [-0.05, 0) is 36.6 Å². The summed E-state index contributed by atoms with van der Waals surface area (Å²) < 4.78 is 11.1. The average molecular weight is 393 g/mol.